The number of benzene rings is 1. The van der Waals surface area contributed by atoms with Gasteiger partial charge in [0, 0.05) is 17.5 Å². The van der Waals surface area contributed by atoms with E-state index in [1.54, 1.807) is 30.8 Å². The van der Waals surface area contributed by atoms with Crippen molar-refractivity contribution in [3.05, 3.63) is 29.8 Å². The Bertz CT molecular complexity index is 774. The maximum atomic E-state index is 11.8. The summed E-state index contributed by atoms with van der Waals surface area (Å²) < 4.78 is 28.5. The summed E-state index contributed by atoms with van der Waals surface area (Å²) in [5, 5.41) is 0.897. The van der Waals surface area contributed by atoms with E-state index in [0.717, 1.165) is 23.8 Å². The molecule has 8 heteroatoms. The van der Waals surface area contributed by atoms with Crippen LogP contribution < -0.4 is 4.90 Å². The summed E-state index contributed by atoms with van der Waals surface area (Å²) in [6, 6.07) is 7.14. The predicted molar refractivity (Wildman–Crippen MR) is 101 cm³/mol. The minimum absolute atomic E-state index is 0.0261. The number of aliphatic imine (C=N–C) groups is 1. The Labute approximate surface area is 152 Å². The molecule has 1 saturated heterocycles. The molecule has 1 aromatic rings. The Hall–Kier alpha value is -1.54. The second-order valence-corrected chi connectivity index (χ2v) is 9.49. The number of sulfone groups is 1. The number of rotatable bonds is 5. The van der Waals surface area contributed by atoms with Gasteiger partial charge in [-0.2, -0.15) is 0 Å². The first-order chi connectivity index (χ1) is 11.9. The molecule has 0 radical (unpaired) electrons. The van der Waals surface area contributed by atoms with Gasteiger partial charge >= 0.3 is 5.97 Å². The summed E-state index contributed by atoms with van der Waals surface area (Å²) in [6.45, 7) is 5.01. The molecule has 0 spiro atoms. The number of carbonyl (C=O) groups excluding carboxylic acids is 1. The van der Waals surface area contributed by atoms with Crippen LogP contribution in [0.4, 0.5) is 5.69 Å². The number of esters is 1. The van der Waals surface area contributed by atoms with Crippen LogP contribution in [0.2, 0.25) is 0 Å². The van der Waals surface area contributed by atoms with Crippen LogP contribution >= 0.6 is 11.8 Å². The highest BCUT2D eigenvalue weighted by Gasteiger charge is 2.43. The highest BCUT2D eigenvalue weighted by atomic mass is 32.2. The average molecular weight is 383 g/mol. The second-order valence-electron chi connectivity index (χ2n) is 6.13. The first kappa shape index (κ1) is 18.3. The summed E-state index contributed by atoms with van der Waals surface area (Å²) in [5.74, 6) is 0.0240. The SMILES string of the molecule is CCCN(C1=N[C@H]2CS(=O)(=O)C[C@@H]2S1)c1ccc(C(=O)OCC)cc1. The molecule has 1 aromatic carbocycles. The Balaban J connectivity index is 1.79. The molecule has 2 heterocycles. The first-order valence-corrected chi connectivity index (χ1v) is 11.1. The number of hydrogen-bond acceptors (Lipinski definition) is 7. The summed E-state index contributed by atoms with van der Waals surface area (Å²) in [4.78, 5) is 18.5. The zero-order chi connectivity index (χ0) is 18.0. The maximum Gasteiger partial charge on any atom is 0.338 e. The van der Waals surface area contributed by atoms with Crippen molar-refractivity contribution in [2.24, 2.45) is 4.99 Å². The van der Waals surface area contributed by atoms with Crippen molar-refractivity contribution < 1.29 is 17.9 Å². The standard InChI is InChI=1S/C17H22N2O4S2/c1-3-9-19(13-7-5-12(6-8-13)16(20)23-4-2)17-18-14-10-25(21,22)11-15(14)24-17/h5-8,14-15H,3-4,9-11H2,1-2H3/t14-,15-/m0/s1. The van der Waals surface area contributed by atoms with Crippen LogP contribution in [0.25, 0.3) is 0 Å². The molecule has 136 valence electrons. The number of hydrogen-bond donors (Lipinski definition) is 0. The number of nitrogens with zero attached hydrogens (tertiary/aromatic N) is 2. The van der Waals surface area contributed by atoms with Crippen LogP contribution in [-0.2, 0) is 14.6 Å². The largest absolute Gasteiger partial charge is 0.462 e. The fraction of sp³-hybridized carbons (Fsp3) is 0.529. The summed E-state index contributed by atoms with van der Waals surface area (Å²) in [5.41, 5.74) is 1.47. The normalized spacial score (nSPS) is 23.8. The number of fused-ring (bicyclic) bond motifs is 1. The van der Waals surface area contributed by atoms with Crippen molar-refractivity contribution in [2.75, 3.05) is 29.6 Å². The Morgan fingerprint density at radius 3 is 2.60 bits per heavy atom. The van der Waals surface area contributed by atoms with Gasteiger partial charge in [0.2, 0.25) is 0 Å². The molecule has 0 saturated carbocycles. The molecule has 1 fully saturated rings. The van der Waals surface area contributed by atoms with Gasteiger partial charge in [0.15, 0.2) is 15.0 Å². The summed E-state index contributed by atoms with van der Waals surface area (Å²) in [7, 11) is -2.95. The predicted octanol–water partition coefficient (Wildman–Crippen LogP) is 2.35. The smallest absolute Gasteiger partial charge is 0.338 e. The summed E-state index contributed by atoms with van der Waals surface area (Å²) >= 11 is 1.55. The van der Waals surface area contributed by atoms with E-state index in [-0.39, 0.29) is 28.8 Å². The quantitative estimate of drug-likeness (QED) is 0.728. The molecule has 6 nitrogen and oxygen atoms in total. The number of thioether (sulfide) groups is 1. The van der Waals surface area contributed by atoms with Crippen molar-refractivity contribution in [1.29, 1.82) is 0 Å². The van der Waals surface area contributed by atoms with Gasteiger partial charge in [-0.15, -0.1) is 0 Å². The lowest BCUT2D eigenvalue weighted by Gasteiger charge is -2.24. The van der Waals surface area contributed by atoms with E-state index in [1.807, 2.05) is 12.1 Å². The first-order valence-electron chi connectivity index (χ1n) is 8.43. The zero-order valence-corrected chi connectivity index (χ0v) is 16.0. The lowest BCUT2D eigenvalue weighted by Crippen LogP contribution is -2.29. The molecule has 2 aliphatic heterocycles. The average Bonchev–Trinajstić information content (AvgIpc) is 3.06. The molecule has 0 amide bonds. The van der Waals surface area contributed by atoms with Gasteiger partial charge in [-0.05, 0) is 37.6 Å². The minimum atomic E-state index is -2.95. The number of amidine groups is 1. The lowest BCUT2D eigenvalue weighted by atomic mass is 10.2. The van der Waals surface area contributed by atoms with E-state index in [4.69, 9.17) is 4.74 Å². The van der Waals surface area contributed by atoms with Crippen LogP contribution in [-0.4, -0.2) is 55.5 Å². The van der Waals surface area contributed by atoms with Crippen LogP contribution in [0.5, 0.6) is 0 Å². The summed E-state index contributed by atoms with van der Waals surface area (Å²) in [6.07, 6.45) is 0.937. The Kier molecular flexibility index (Phi) is 5.38. The lowest BCUT2D eigenvalue weighted by molar-refractivity contribution is 0.0526. The minimum Gasteiger partial charge on any atom is -0.462 e. The van der Waals surface area contributed by atoms with Gasteiger partial charge in [-0.1, -0.05) is 18.7 Å². The monoisotopic (exact) mass is 382 g/mol. The fourth-order valence-corrected chi connectivity index (χ4v) is 6.83. The van der Waals surface area contributed by atoms with Gasteiger partial charge in [0.05, 0.1) is 29.7 Å². The van der Waals surface area contributed by atoms with Crippen LogP contribution in [0.3, 0.4) is 0 Å². The van der Waals surface area contributed by atoms with Crippen LogP contribution in [0.15, 0.2) is 29.3 Å². The third kappa shape index (κ3) is 4.00. The van der Waals surface area contributed by atoms with Gasteiger partial charge in [0.1, 0.15) is 0 Å². The van der Waals surface area contributed by atoms with Gasteiger partial charge in [-0.25, -0.2) is 13.2 Å². The third-order valence-electron chi connectivity index (χ3n) is 4.17. The molecule has 0 bridgehead atoms. The van der Waals surface area contributed by atoms with E-state index < -0.39 is 9.84 Å². The number of ether oxygens (including phenoxy) is 1. The zero-order valence-electron chi connectivity index (χ0n) is 14.3. The third-order valence-corrected chi connectivity index (χ3v) is 7.42. The molecule has 3 rings (SSSR count). The second kappa shape index (κ2) is 7.37. The van der Waals surface area contributed by atoms with E-state index in [2.05, 4.69) is 16.8 Å². The Morgan fingerprint density at radius 1 is 1.28 bits per heavy atom. The highest BCUT2D eigenvalue weighted by Crippen LogP contribution is 2.36. The van der Waals surface area contributed by atoms with Crippen LogP contribution in [0, 0.1) is 0 Å². The molecular formula is C17H22N2O4S2. The molecule has 0 aliphatic carbocycles. The molecule has 2 aliphatic rings. The highest BCUT2D eigenvalue weighted by molar-refractivity contribution is 8.15. The molecule has 0 aromatic heterocycles. The fourth-order valence-electron chi connectivity index (χ4n) is 3.02. The van der Waals surface area contributed by atoms with Crippen molar-refractivity contribution in [3.63, 3.8) is 0 Å². The van der Waals surface area contributed by atoms with E-state index in [0.29, 0.717) is 12.2 Å². The van der Waals surface area contributed by atoms with Crippen molar-refractivity contribution >= 4 is 38.4 Å². The molecule has 2 atom stereocenters. The molecule has 0 N–H and O–H groups in total. The van der Waals surface area contributed by atoms with Crippen molar-refractivity contribution in [3.8, 4) is 0 Å². The van der Waals surface area contributed by atoms with E-state index in [1.165, 1.54) is 0 Å². The van der Waals surface area contributed by atoms with E-state index in [9.17, 15) is 13.2 Å². The topological polar surface area (TPSA) is 76.0 Å². The van der Waals surface area contributed by atoms with Gasteiger partial charge in [-0.3, -0.25) is 4.99 Å². The maximum absolute atomic E-state index is 11.8. The Morgan fingerprint density at radius 2 is 2.00 bits per heavy atom. The van der Waals surface area contributed by atoms with Gasteiger partial charge in [0.25, 0.3) is 0 Å². The van der Waals surface area contributed by atoms with E-state index >= 15 is 0 Å². The number of anilines is 1. The molecule has 25 heavy (non-hydrogen) atoms. The molecular weight excluding hydrogens is 360 g/mol. The number of carbonyl (C=O) groups is 1. The van der Waals surface area contributed by atoms with Crippen molar-refractivity contribution in [1.82, 2.24) is 0 Å². The van der Waals surface area contributed by atoms with Crippen LogP contribution in [0.1, 0.15) is 30.6 Å². The molecule has 0 unspecified atom stereocenters. The van der Waals surface area contributed by atoms with Crippen molar-refractivity contribution in [2.45, 2.75) is 31.6 Å². The van der Waals surface area contributed by atoms with Gasteiger partial charge < -0.3 is 9.64 Å².